The zero-order valence-corrected chi connectivity index (χ0v) is 11.7. The number of rotatable bonds is 3. The van der Waals surface area contributed by atoms with Crippen molar-refractivity contribution in [3.63, 3.8) is 0 Å². The predicted molar refractivity (Wildman–Crippen MR) is 82.9 cm³/mol. The van der Waals surface area contributed by atoms with Crippen LogP contribution in [-0.2, 0) is 0 Å². The minimum absolute atomic E-state index is 0.240. The van der Waals surface area contributed by atoms with Crippen molar-refractivity contribution in [3.05, 3.63) is 53.9 Å². The molecular weight excluding hydrogens is 264 g/mol. The van der Waals surface area contributed by atoms with E-state index < -0.39 is 5.91 Å². The number of pyridine rings is 1. The maximum absolute atomic E-state index is 11.4. The number of amides is 1. The van der Waals surface area contributed by atoms with E-state index in [-0.39, 0.29) is 6.04 Å². The average Bonchev–Trinajstić information content (AvgIpc) is 2.97. The number of carbonyl (C=O) groups is 1. The van der Waals surface area contributed by atoms with E-state index in [1.807, 2.05) is 12.3 Å². The summed E-state index contributed by atoms with van der Waals surface area (Å²) in [6.45, 7) is 0.909. The molecule has 1 saturated heterocycles. The van der Waals surface area contributed by atoms with Gasteiger partial charge in [-0.05, 0) is 42.7 Å². The summed E-state index contributed by atoms with van der Waals surface area (Å²) in [6, 6.07) is 9.44. The Labute approximate surface area is 123 Å². The Morgan fingerprint density at radius 1 is 1.33 bits per heavy atom. The molecule has 4 N–H and O–H groups in total. The van der Waals surface area contributed by atoms with Gasteiger partial charge < -0.3 is 16.4 Å². The lowest BCUT2D eigenvalue weighted by atomic mass is 10.1. The van der Waals surface area contributed by atoms with Gasteiger partial charge in [-0.1, -0.05) is 6.07 Å². The number of nitrogen functional groups attached to an aromatic ring is 1. The van der Waals surface area contributed by atoms with Crippen molar-refractivity contribution in [1.29, 1.82) is 0 Å². The molecule has 1 aromatic carbocycles. The lowest BCUT2D eigenvalue weighted by Gasteiger charge is -2.28. The van der Waals surface area contributed by atoms with Gasteiger partial charge in [-0.3, -0.25) is 9.78 Å². The molecule has 5 heteroatoms. The number of nitrogens with zero attached hydrogens (tertiary/aromatic N) is 2. The fraction of sp³-hybridized carbons (Fsp3) is 0.250. The second kappa shape index (κ2) is 5.44. The van der Waals surface area contributed by atoms with Gasteiger partial charge in [0.1, 0.15) is 0 Å². The van der Waals surface area contributed by atoms with Crippen LogP contribution >= 0.6 is 0 Å². The Balaban J connectivity index is 1.99. The number of hydrogen-bond acceptors (Lipinski definition) is 4. The molecule has 21 heavy (non-hydrogen) atoms. The van der Waals surface area contributed by atoms with Crippen LogP contribution in [0.2, 0.25) is 0 Å². The fourth-order valence-electron chi connectivity index (χ4n) is 2.92. The molecule has 0 aliphatic carbocycles. The first-order chi connectivity index (χ1) is 10.2. The molecule has 2 heterocycles. The molecule has 2 aromatic rings. The monoisotopic (exact) mass is 282 g/mol. The van der Waals surface area contributed by atoms with Crippen LogP contribution < -0.4 is 16.4 Å². The van der Waals surface area contributed by atoms with Crippen molar-refractivity contribution in [1.82, 2.24) is 4.98 Å². The van der Waals surface area contributed by atoms with Crippen molar-refractivity contribution in [2.45, 2.75) is 18.9 Å². The maximum Gasteiger partial charge on any atom is 0.248 e. The van der Waals surface area contributed by atoms with Crippen molar-refractivity contribution in [2.24, 2.45) is 5.73 Å². The number of aromatic nitrogens is 1. The zero-order chi connectivity index (χ0) is 14.8. The third kappa shape index (κ3) is 2.54. The molecule has 108 valence electrons. The summed E-state index contributed by atoms with van der Waals surface area (Å²) < 4.78 is 0. The van der Waals surface area contributed by atoms with E-state index in [2.05, 4.69) is 16.0 Å². The molecule has 1 aliphatic heterocycles. The average molecular weight is 282 g/mol. The Morgan fingerprint density at radius 2 is 2.19 bits per heavy atom. The van der Waals surface area contributed by atoms with Crippen molar-refractivity contribution >= 4 is 17.3 Å². The lowest BCUT2D eigenvalue weighted by molar-refractivity contribution is 0.100. The summed E-state index contributed by atoms with van der Waals surface area (Å²) in [7, 11) is 0. The quantitative estimate of drug-likeness (QED) is 0.844. The Hall–Kier alpha value is -2.56. The highest BCUT2D eigenvalue weighted by molar-refractivity contribution is 5.95. The van der Waals surface area contributed by atoms with Crippen molar-refractivity contribution in [2.75, 3.05) is 17.2 Å². The van der Waals surface area contributed by atoms with E-state index in [1.165, 1.54) is 5.56 Å². The molecule has 1 amide bonds. The summed E-state index contributed by atoms with van der Waals surface area (Å²) in [5.41, 5.74) is 14.7. The second-order valence-electron chi connectivity index (χ2n) is 5.28. The molecule has 0 bridgehead atoms. The van der Waals surface area contributed by atoms with E-state index in [9.17, 15) is 4.79 Å². The molecule has 1 aliphatic rings. The van der Waals surface area contributed by atoms with Crippen LogP contribution in [0.15, 0.2) is 42.7 Å². The van der Waals surface area contributed by atoms with Crippen molar-refractivity contribution in [3.8, 4) is 0 Å². The van der Waals surface area contributed by atoms with Gasteiger partial charge >= 0.3 is 0 Å². The van der Waals surface area contributed by atoms with E-state index in [0.29, 0.717) is 11.3 Å². The summed E-state index contributed by atoms with van der Waals surface area (Å²) in [4.78, 5) is 17.8. The first-order valence-electron chi connectivity index (χ1n) is 7.02. The number of anilines is 2. The normalized spacial score (nSPS) is 17.9. The van der Waals surface area contributed by atoms with Crippen LogP contribution in [-0.4, -0.2) is 17.4 Å². The molecule has 0 saturated carbocycles. The van der Waals surface area contributed by atoms with Gasteiger partial charge in [0.2, 0.25) is 5.91 Å². The maximum atomic E-state index is 11.4. The zero-order valence-electron chi connectivity index (χ0n) is 11.7. The Kier molecular flexibility index (Phi) is 3.48. The first kappa shape index (κ1) is 13.4. The van der Waals surface area contributed by atoms with E-state index >= 15 is 0 Å². The summed E-state index contributed by atoms with van der Waals surface area (Å²) >= 11 is 0. The predicted octanol–water partition coefficient (Wildman–Crippen LogP) is 2.10. The van der Waals surface area contributed by atoms with Crippen LogP contribution in [0.4, 0.5) is 11.4 Å². The minimum atomic E-state index is -0.437. The smallest absolute Gasteiger partial charge is 0.248 e. The molecule has 1 unspecified atom stereocenters. The molecule has 3 rings (SSSR count). The highest BCUT2D eigenvalue weighted by atomic mass is 16.1. The second-order valence-corrected chi connectivity index (χ2v) is 5.28. The van der Waals surface area contributed by atoms with Gasteiger partial charge in [-0.2, -0.15) is 0 Å². The summed E-state index contributed by atoms with van der Waals surface area (Å²) in [6.07, 6.45) is 5.79. The van der Waals surface area contributed by atoms with Gasteiger partial charge in [-0.25, -0.2) is 0 Å². The standard InChI is InChI=1S/C16H18N4O/c17-13-6-5-11(16(18)21)9-15(13)20-8-2-4-14(20)12-3-1-7-19-10-12/h1,3,5-7,9-10,14H,2,4,8,17H2,(H2,18,21). The number of nitrogens with two attached hydrogens (primary N) is 2. The Morgan fingerprint density at radius 3 is 2.90 bits per heavy atom. The summed E-state index contributed by atoms with van der Waals surface area (Å²) in [5.74, 6) is -0.437. The van der Waals surface area contributed by atoms with Crippen LogP contribution in [0.25, 0.3) is 0 Å². The van der Waals surface area contributed by atoms with Gasteiger partial charge in [0.15, 0.2) is 0 Å². The molecular formula is C16H18N4O. The first-order valence-corrected chi connectivity index (χ1v) is 7.02. The number of benzene rings is 1. The molecule has 1 atom stereocenters. The topological polar surface area (TPSA) is 85.2 Å². The molecule has 0 spiro atoms. The van der Waals surface area contributed by atoms with Crippen molar-refractivity contribution < 1.29 is 4.79 Å². The highest BCUT2D eigenvalue weighted by Gasteiger charge is 2.27. The fourth-order valence-corrected chi connectivity index (χ4v) is 2.92. The summed E-state index contributed by atoms with van der Waals surface area (Å²) in [5, 5.41) is 0. The third-order valence-corrected chi connectivity index (χ3v) is 3.95. The third-order valence-electron chi connectivity index (χ3n) is 3.95. The van der Waals surface area contributed by atoms with Crippen LogP contribution in [0.3, 0.4) is 0 Å². The number of hydrogen-bond donors (Lipinski definition) is 2. The Bertz CT molecular complexity index is 657. The van der Waals surface area contributed by atoms with Gasteiger partial charge in [0.05, 0.1) is 17.4 Å². The lowest BCUT2D eigenvalue weighted by Crippen LogP contribution is -2.24. The minimum Gasteiger partial charge on any atom is -0.397 e. The number of primary amides is 1. The van der Waals surface area contributed by atoms with Gasteiger partial charge in [0, 0.05) is 24.5 Å². The molecule has 1 fully saturated rings. The molecule has 0 radical (unpaired) electrons. The number of carbonyl (C=O) groups excluding carboxylic acids is 1. The van der Waals surface area contributed by atoms with E-state index in [0.717, 1.165) is 25.1 Å². The van der Waals surface area contributed by atoms with Gasteiger partial charge in [-0.15, -0.1) is 0 Å². The SMILES string of the molecule is NC(=O)c1ccc(N)c(N2CCCC2c2cccnc2)c1. The molecule has 1 aromatic heterocycles. The molecule has 5 nitrogen and oxygen atoms in total. The van der Waals surface area contributed by atoms with Gasteiger partial charge in [0.25, 0.3) is 0 Å². The largest absolute Gasteiger partial charge is 0.397 e. The van der Waals surface area contributed by atoms with Crippen LogP contribution in [0, 0.1) is 0 Å². The van der Waals surface area contributed by atoms with E-state index in [4.69, 9.17) is 11.5 Å². The van der Waals surface area contributed by atoms with E-state index in [1.54, 1.807) is 24.4 Å². The highest BCUT2D eigenvalue weighted by Crippen LogP contribution is 2.38. The van der Waals surface area contributed by atoms with Crippen LogP contribution in [0.1, 0.15) is 34.8 Å². The van der Waals surface area contributed by atoms with Crippen LogP contribution in [0.5, 0.6) is 0 Å².